The Hall–Kier alpha value is -2.11. The Kier molecular flexibility index (Phi) is 5.33. The molecule has 1 aromatic rings. The maximum Gasteiger partial charge on any atom is 0.226 e. The van der Waals surface area contributed by atoms with E-state index in [1.807, 2.05) is 34.7 Å². The number of fused-ring (bicyclic) bond motifs is 1. The second kappa shape index (κ2) is 7.64. The van der Waals surface area contributed by atoms with Crippen LogP contribution in [0, 0.1) is 5.92 Å². The number of carbonyl (C=O) groups is 2. The van der Waals surface area contributed by atoms with E-state index in [2.05, 4.69) is 10.4 Å². The minimum Gasteiger partial charge on any atom is -0.350 e. The molecule has 2 aliphatic rings. The summed E-state index contributed by atoms with van der Waals surface area (Å²) in [4.78, 5) is 26.1. The molecule has 1 saturated carbocycles. The summed E-state index contributed by atoms with van der Waals surface area (Å²) in [5.41, 5.74) is 1.92. The number of carbonyl (C=O) groups excluding carboxylic acids is 2. The highest BCUT2D eigenvalue weighted by Crippen LogP contribution is 2.29. The van der Waals surface area contributed by atoms with E-state index in [0.29, 0.717) is 25.4 Å². The SMILES string of the molecule is CCC=CCC(=O)NCc1cc2n(n1)CCN(C(=O)C1CCC1)C2. The first-order valence-corrected chi connectivity index (χ1v) is 8.93. The van der Waals surface area contributed by atoms with Gasteiger partial charge >= 0.3 is 0 Å². The largest absolute Gasteiger partial charge is 0.350 e. The lowest BCUT2D eigenvalue weighted by atomic mass is 9.84. The molecule has 3 rings (SSSR count). The molecule has 1 aliphatic carbocycles. The van der Waals surface area contributed by atoms with Gasteiger partial charge in [-0.15, -0.1) is 0 Å². The third-order valence-corrected chi connectivity index (χ3v) is 4.79. The van der Waals surface area contributed by atoms with Crippen LogP contribution in [0.15, 0.2) is 18.2 Å². The Balaban J connectivity index is 1.52. The molecule has 0 radical (unpaired) electrons. The lowest BCUT2D eigenvalue weighted by Gasteiger charge is -2.34. The Morgan fingerprint density at radius 3 is 2.88 bits per heavy atom. The smallest absolute Gasteiger partial charge is 0.226 e. The van der Waals surface area contributed by atoms with E-state index in [1.165, 1.54) is 6.42 Å². The van der Waals surface area contributed by atoms with E-state index in [4.69, 9.17) is 0 Å². The molecule has 6 nitrogen and oxygen atoms in total. The molecule has 1 aromatic heterocycles. The van der Waals surface area contributed by atoms with Crippen LogP contribution in [0.3, 0.4) is 0 Å². The maximum atomic E-state index is 12.4. The van der Waals surface area contributed by atoms with E-state index in [-0.39, 0.29) is 11.8 Å². The molecular weight excluding hydrogens is 304 g/mol. The molecule has 2 heterocycles. The Morgan fingerprint density at radius 1 is 1.33 bits per heavy atom. The summed E-state index contributed by atoms with van der Waals surface area (Å²) in [6, 6.07) is 2.00. The molecule has 1 fully saturated rings. The number of nitrogens with one attached hydrogen (secondary N) is 1. The molecule has 24 heavy (non-hydrogen) atoms. The van der Waals surface area contributed by atoms with Crippen LogP contribution < -0.4 is 5.32 Å². The molecule has 0 unspecified atom stereocenters. The second-order valence-corrected chi connectivity index (χ2v) is 6.60. The number of aromatic nitrogens is 2. The van der Waals surface area contributed by atoms with Crippen LogP contribution in [0.1, 0.15) is 50.4 Å². The molecule has 0 aromatic carbocycles. The summed E-state index contributed by atoms with van der Waals surface area (Å²) >= 11 is 0. The summed E-state index contributed by atoms with van der Waals surface area (Å²) in [6.45, 7) is 4.59. The molecule has 1 N–H and O–H groups in total. The van der Waals surface area contributed by atoms with Crippen LogP contribution in [-0.2, 0) is 29.2 Å². The molecule has 0 saturated heterocycles. The third-order valence-electron chi connectivity index (χ3n) is 4.79. The van der Waals surface area contributed by atoms with E-state index in [9.17, 15) is 9.59 Å². The van der Waals surface area contributed by atoms with Gasteiger partial charge in [0.2, 0.25) is 11.8 Å². The zero-order valence-electron chi connectivity index (χ0n) is 14.3. The topological polar surface area (TPSA) is 67.2 Å². The van der Waals surface area contributed by atoms with Gasteiger partial charge in [-0.25, -0.2) is 0 Å². The number of amides is 2. The van der Waals surface area contributed by atoms with Crippen molar-refractivity contribution in [2.24, 2.45) is 5.92 Å². The molecule has 1 aliphatic heterocycles. The Bertz CT molecular complexity index is 631. The molecule has 6 heteroatoms. The van der Waals surface area contributed by atoms with Gasteiger partial charge in [0.1, 0.15) is 0 Å². The number of hydrogen-bond acceptors (Lipinski definition) is 3. The van der Waals surface area contributed by atoms with Crippen LogP contribution in [0.4, 0.5) is 0 Å². The van der Waals surface area contributed by atoms with Gasteiger partial charge < -0.3 is 10.2 Å². The summed E-state index contributed by atoms with van der Waals surface area (Å²) in [5.74, 6) is 0.549. The van der Waals surface area contributed by atoms with Crippen LogP contribution >= 0.6 is 0 Å². The van der Waals surface area contributed by atoms with Gasteiger partial charge in [-0.05, 0) is 25.3 Å². The van der Waals surface area contributed by atoms with Gasteiger partial charge in [0, 0.05) is 18.9 Å². The fraction of sp³-hybridized carbons (Fsp3) is 0.611. The fourth-order valence-electron chi connectivity index (χ4n) is 3.13. The van der Waals surface area contributed by atoms with Crippen molar-refractivity contribution in [3.05, 3.63) is 29.6 Å². The van der Waals surface area contributed by atoms with Crippen molar-refractivity contribution in [1.29, 1.82) is 0 Å². The Morgan fingerprint density at radius 2 is 2.17 bits per heavy atom. The second-order valence-electron chi connectivity index (χ2n) is 6.60. The van der Waals surface area contributed by atoms with Gasteiger partial charge in [-0.3, -0.25) is 14.3 Å². The van der Waals surface area contributed by atoms with Gasteiger partial charge in [0.25, 0.3) is 0 Å². The first-order chi connectivity index (χ1) is 11.7. The fourth-order valence-corrected chi connectivity index (χ4v) is 3.13. The standard InChI is InChI=1S/C18H26N4O2/c1-2-3-4-8-17(23)19-12-15-11-16-13-21(9-10-22(16)20-15)18(24)14-6-5-7-14/h3-4,11,14H,2,5-10,12-13H2,1H3,(H,19,23). The number of hydrogen-bond donors (Lipinski definition) is 1. The lowest BCUT2D eigenvalue weighted by molar-refractivity contribution is -0.139. The number of allylic oxidation sites excluding steroid dienone is 1. The third kappa shape index (κ3) is 3.86. The summed E-state index contributed by atoms with van der Waals surface area (Å²) in [6.07, 6.45) is 8.48. The molecule has 130 valence electrons. The normalized spacial score (nSPS) is 17.6. The summed E-state index contributed by atoms with van der Waals surface area (Å²) < 4.78 is 1.96. The first-order valence-electron chi connectivity index (χ1n) is 8.93. The van der Waals surface area contributed by atoms with Gasteiger partial charge in [0.15, 0.2) is 0 Å². The highest BCUT2D eigenvalue weighted by Gasteiger charge is 2.31. The van der Waals surface area contributed by atoms with Crippen LogP contribution in [0.5, 0.6) is 0 Å². The Labute approximate surface area is 142 Å². The monoisotopic (exact) mass is 330 g/mol. The minimum absolute atomic E-state index is 0.00691. The summed E-state index contributed by atoms with van der Waals surface area (Å²) in [5, 5.41) is 7.43. The maximum absolute atomic E-state index is 12.4. The van der Waals surface area contributed by atoms with Crippen molar-refractivity contribution in [1.82, 2.24) is 20.0 Å². The predicted octanol–water partition coefficient (Wildman–Crippen LogP) is 2.00. The number of rotatable bonds is 6. The first kappa shape index (κ1) is 16.7. The van der Waals surface area contributed by atoms with E-state index in [1.54, 1.807) is 0 Å². The zero-order valence-corrected chi connectivity index (χ0v) is 14.3. The highest BCUT2D eigenvalue weighted by atomic mass is 16.2. The van der Waals surface area contributed by atoms with E-state index >= 15 is 0 Å². The van der Waals surface area contributed by atoms with E-state index < -0.39 is 0 Å². The minimum atomic E-state index is 0.00691. The molecule has 0 bridgehead atoms. The quantitative estimate of drug-likeness (QED) is 0.811. The summed E-state index contributed by atoms with van der Waals surface area (Å²) in [7, 11) is 0. The van der Waals surface area contributed by atoms with Gasteiger partial charge in [-0.2, -0.15) is 5.10 Å². The predicted molar refractivity (Wildman–Crippen MR) is 90.9 cm³/mol. The van der Waals surface area contributed by atoms with E-state index in [0.717, 1.165) is 43.7 Å². The van der Waals surface area contributed by atoms with Crippen molar-refractivity contribution < 1.29 is 9.59 Å². The highest BCUT2D eigenvalue weighted by molar-refractivity contribution is 5.79. The van der Waals surface area contributed by atoms with Gasteiger partial charge in [0.05, 0.1) is 31.0 Å². The molecule has 2 amide bonds. The molecular formula is C18H26N4O2. The average molecular weight is 330 g/mol. The van der Waals surface area contributed by atoms with Crippen molar-refractivity contribution in [3.8, 4) is 0 Å². The number of nitrogens with zero attached hydrogens (tertiary/aromatic N) is 3. The van der Waals surface area contributed by atoms with Crippen molar-refractivity contribution >= 4 is 11.8 Å². The average Bonchev–Trinajstić information content (AvgIpc) is 2.93. The van der Waals surface area contributed by atoms with Crippen molar-refractivity contribution in [2.75, 3.05) is 6.54 Å². The molecule has 0 atom stereocenters. The zero-order chi connectivity index (χ0) is 16.9. The van der Waals surface area contributed by atoms with Crippen molar-refractivity contribution in [2.45, 2.75) is 58.7 Å². The van der Waals surface area contributed by atoms with Gasteiger partial charge in [-0.1, -0.05) is 25.5 Å². The molecule has 0 spiro atoms. The van der Waals surface area contributed by atoms with Crippen molar-refractivity contribution in [3.63, 3.8) is 0 Å². The van der Waals surface area contributed by atoms with Crippen LogP contribution in [0.2, 0.25) is 0 Å². The van der Waals surface area contributed by atoms with Crippen LogP contribution in [-0.4, -0.2) is 33.0 Å². The lowest BCUT2D eigenvalue weighted by Crippen LogP contribution is -2.43. The van der Waals surface area contributed by atoms with Crippen LogP contribution in [0.25, 0.3) is 0 Å².